The topological polar surface area (TPSA) is 34.1 Å². The van der Waals surface area contributed by atoms with Crippen molar-refractivity contribution in [3.63, 3.8) is 0 Å². The molecule has 1 aromatic rings. The fourth-order valence-corrected chi connectivity index (χ4v) is 2.14. The Labute approximate surface area is 96.5 Å². The van der Waals surface area contributed by atoms with Gasteiger partial charge in [0.05, 0.1) is 7.11 Å². The van der Waals surface area contributed by atoms with Crippen molar-refractivity contribution in [2.45, 2.75) is 19.3 Å². The number of rotatable bonds is 2. The van der Waals surface area contributed by atoms with Gasteiger partial charge in [-0.3, -0.25) is 0 Å². The molecule has 0 bridgehead atoms. The molecule has 0 aromatic carbocycles. The van der Waals surface area contributed by atoms with Crippen LogP contribution in [0.25, 0.3) is 6.08 Å². The van der Waals surface area contributed by atoms with E-state index in [4.69, 9.17) is 4.74 Å². The van der Waals surface area contributed by atoms with Crippen LogP contribution in [0.2, 0.25) is 0 Å². The minimum Gasteiger partial charge on any atom is -0.481 e. The summed E-state index contributed by atoms with van der Waals surface area (Å²) in [5, 5.41) is 3.41. The molecule has 0 radical (unpaired) electrons. The van der Waals surface area contributed by atoms with Gasteiger partial charge in [-0.25, -0.2) is 4.98 Å². The summed E-state index contributed by atoms with van der Waals surface area (Å²) in [6, 6.07) is 2.16. The van der Waals surface area contributed by atoms with E-state index in [0.29, 0.717) is 11.8 Å². The van der Waals surface area contributed by atoms with Gasteiger partial charge in [0.1, 0.15) is 0 Å². The van der Waals surface area contributed by atoms with Crippen LogP contribution in [0, 0.1) is 0 Å². The fraction of sp³-hybridized carbons (Fsp3) is 0.462. The van der Waals surface area contributed by atoms with E-state index >= 15 is 0 Å². The standard InChI is InChI=1S/C13H18N2O/c1-4-10-7-11-9(2)8-14-6-5-12(11)15-13(10)16-3/h4,7,9,14H,1,5-6,8H2,2-3H3. The molecular formula is C13H18N2O. The van der Waals surface area contributed by atoms with Crippen LogP contribution < -0.4 is 10.1 Å². The van der Waals surface area contributed by atoms with Gasteiger partial charge < -0.3 is 10.1 Å². The molecule has 0 aliphatic carbocycles. The Balaban J connectivity index is 2.51. The zero-order valence-corrected chi connectivity index (χ0v) is 9.92. The summed E-state index contributed by atoms with van der Waals surface area (Å²) in [5.41, 5.74) is 3.45. The minimum absolute atomic E-state index is 0.495. The van der Waals surface area contributed by atoms with E-state index in [2.05, 4.69) is 29.9 Å². The lowest BCUT2D eigenvalue weighted by Gasteiger charge is -2.14. The van der Waals surface area contributed by atoms with Crippen LogP contribution in [0.1, 0.15) is 29.7 Å². The Morgan fingerprint density at radius 3 is 3.12 bits per heavy atom. The SMILES string of the molecule is C=Cc1cc2c(nc1OC)CCNCC2C. The first-order chi connectivity index (χ1) is 7.76. The lowest BCUT2D eigenvalue weighted by atomic mass is 9.97. The Kier molecular flexibility index (Phi) is 3.25. The highest BCUT2D eigenvalue weighted by molar-refractivity contribution is 5.55. The lowest BCUT2D eigenvalue weighted by Crippen LogP contribution is -2.18. The summed E-state index contributed by atoms with van der Waals surface area (Å²) in [7, 11) is 1.65. The third-order valence-electron chi connectivity index (χ3n) is 3.06. The smallest absolute Gasteiger partial charge is 0.220 e. The molecule has 2 rings (SSSR count). The molecule has 1 atom stereocenters. The number of hydrogen-bond donors (Lipinski definition) is 1. The molecule has 1 aliphatic rings. The van der Waals surface area contributed by atoms with Gasteiger partial charge in [-0.15, -0.1) is 0 Å². The Bertz CT molecular complexity index is 401. The second-order valence-corrected chi connectivity index (χ2v) is 4.18. The van der Waals surface area contributed by atoms with Crippen molar-refractivity contribution in [2.75, 3.05) is 20.2 Å². The van der Waals surface area contributed by atoms with E-state index in [1.165, 1.54) is 5.56 Å². The first-order valence-corrected chi connectivity index (χ1v) is 5.67. The minimum atomic E-state index is 0.495. The zero-order chi connectivity index (χ0) is 11.5. The number of nitrogens with zero attached hydrogens (tertiary/aromatic N) is 1. The van der Waals surface area contributed by atoms with Crippen molar-refractivity contribution in [2.24, 2.45) is 0 Å². The molecule has 1 aliphatic heterocycles. The van der Waals surface area contributed by atoms with Gasteiger partial charge >= 0.3 is 0 Å². The molecule has 1 N–H and O–H groups in total. The van der Waals surface area contributed by atoms with E-state index in [1.807, 2.05) is 0 Å². The number of ether oxygens (including phenoxy) is 1. The van der Waals surface area contributed by atoms with Crippen LogP contribution in [0.4, 0.5) is 0 Å². The van der Waals surface area contributed by atoms with Crippen molar-refractivity contribution < 1.29 is 4.74 Å². The van der Waals surface area contributed by atoms with E-state index in [0.717, 1.165) is 30.8 Å². The molecule has 2 heterocycles. The predicted molar refractivity (Wildman–Crippen MR) is 65.9 cm³/mol. The van der Waals surface area contributed by atoms with Crippen molar-refractivity contribution in [3.8, 4) is 5.88 Å². The molecule has 1 aromatic heterocycles. The summed E-state index contributed by atoms with van der Waals surface area (Å²) < 4.78 is 5.28. The van der Waals surface area contributed by atoms with Gasteiger partial charge in [0, 0.05) is 30.8 Å². The largest absolute Gasteiger partial charge is 0.481 e. The third-order valence-corrected chi connectivity index (χ3v) is 3.06. The van der Waals surface area contributed by atoms with Crippen molar-refractivity contribution in [1.82, 2.24) is 10.3 Å². The average molecular weight is 218 g/mol. The summed E-state index contributed by atoms with van der Waals surface area (Å²) in [6.45, 7) is 8.02. The molecular weight excluding hydrogens is 200 g/mol. The van der Waals surface area contributed by atoms with Crippen LogP contribution in [-0.4, -0.2) is 25.2 Å². The first-order valence-electron chi connectivity index (χ1n) is 5.67. The van der Waals surface area contributed by atoms with E-state index in [-0.39, 0.29) is 0 Å². The van der Waals surface area contributed by atoms with Crippen LogP contribution in [0.3, 0.4) is 0 Å². The van der Waals surface area contributed by atoms with E-state index < -0.39 is 0 Å². The van der Waals surface area contributed by atoms with Gasteiger partial charge in [-0.1, -0.05) is 19.6 Å². The number of pyridine rings is 1. The number of aromatic nitrogens is 1. The highest BCUT2D eigenvalue weighted by atomic mass is 16.5. The maximum Gasteiger partial charge on any atom is 0.220 e. The van der Waals surface area contributed by atoms with Gasteiger partial charge in [0.15, 0.2) is 0 Å². The fourth-order valence-electron chi connectivity index (χ4n) is 2.14. The van der Waals surface area contributed by atoms with Crippen molar-refractivity contribution in [1.29, 1.82) is 0 Å². The van der Waals surface area contributed by atoms with Crippen LogP contribution >= 0.6 is 0 Å². The Morgan fingerprint density at radius 1 is 1.62 bits per heavy atom. The van der Waals surface area contributed by atoms with Crippen molar-refractivity contribution >= 4 is 6.08 Å². The monoisotopic (exact) mass is 218 g/mol. The second-order valence-electron chi connectivity index (χ2n) is 4.18. The van der Waals surface area contributed by atoms with Crippen LogP contribution in [-0.2, 0) is 6.42 Å². The number of hydrogen-bond acceptors (Lipinski definition) is 3. The molecule has 0 amide bonds. The lowest BCUT2D eigenvalue weighted by molar-refractivity contribution is 0.395. The van der Waals surface area contributed by atoms with Crippen LogP contribution in [0.5, 0.6) is 5.88 Å². The first kappa shape index (κ1) is 11.1. The third kappa shape index (κ3) is 1.95. The summed E-state index contributed by atoms with van der Waals surface area (Å²) in [5.74, 6) is 1.18. The molecule has 3 nitrogen and oxygen atoms in total. The predicted octanol–water partition coefficient (Wildman–Crippen LogP) is 1.98. The maximum atomic E-state index is 5.28. The van der Waals surface area contributed by atoms with Crippen molar-refractivity contribution in [3.05, 3.63) is 29.5 Å². The molecule has 16 heavy (non-hydrogen) atoms. The van der Waals surface area contributed by atoms with Gasteiger partial charge in [-0.2, -0.15) is 0 Å². The zero-order valence-electron chi connectivity index (χ0n) is 9.92. The van der Waals surface area contributed by atoms with Gasteiger partial charge in [-0.05, 0) is 17.5 Å². The summed E-state index contributed by atoms with van der Waals surface area (Å²) in [6.07, 6.45) is 2.77. The quantitative estimate of drug-likeness (QED) is 0.824. The average Bonchev–Trinajstić information content (AvgIpc) is 2.49. The number of fused-ring (bicyclic) bond motifs is 1. The Hall–Kier alpha value is -1.35. The van der Waals surface area contributed by atoms with Gasteiger partial charge in [0.25, 0.3) is 0 Å². The molecule has 0 spiro atoms. The molecule has 1 unspecified atom stereocenters. The number of nitrogens with one attached hydrogen (secondary N) is 1. The highest BCUT2D eigenvalue weighted by Crippen LogP contribution is 2.27. The highest BCUT2D eigenvalue weighted by Gasteiger charge is 2.18. The van der Waals surface area contributed by atoms with E-state index in [1.54, 1.807) is 13.2 Å². The molecule has 3 heteroatoms. The second kappa shape index (κ2) is 4.66. The van der Waals surface area contributed by atoms with Gasteiger partial charge in [0.2, 0.25) is 5.88 Å². The normalized spacial score (nSPS) is 19.8. The summed E-state index contributed by atoms with van der Waals surface area (Å²) >= 11 is 0. The summed E-state index contributed by atoms with van der Waals surface area (Å²) in [4.78, 5) is 4.58. The Morgan fingerprint density at radius 2 is 2.44 bits per heavy atom. The van der Waals surface area contributed by atoms with Crippen LogP contribution in [0.15, 0.2) is 12.6 Å². The molecule has 0 fully saturated rings. The molecule has 0 saturated carbocycles. The maximum absolute atomic E-state index is 5.28. The molecule has 86 valence electrons. The number of methoxy groups -OCH3 is 1. The van der Waals surface area contributed by atoms with E-state index in [9.17, 15) is 0 Å². The molecule has 0 saturated heterocycles.